The molecule has 1 aromatic rings. The van der Waals surface area contributed by atoms with E-state index in [4.69, 9.17) is 0 Å². The van der Waals surface area contributed by atoms with Gasteiger partial charge >= 0.3 is 0 Å². The molecule has 0 N–H and O–H groups in total. The van der Waals surface area contributed by atoms with Crippen LogP contribution in [0.1, 0.15) is 30.6 Å². The van der Waals surface area contributed by atoms with E-state index >= 15 is 0 Å². The molecule has 1 fully saturated rings. The first-order valence-electron chi connectivity index (χ1n) is 5.63. The Labute approximate surface area is 109 Å². The number of rotatable bonds is 1. The molecule has 0 aromatic heterocycles. The fraction of sp³-hybridized carbons (Fsp3) is 0.462. The van der Waals surface area contributed by atoms with Gasteiger partial charge in [0.2, 0.25) is 0 Å². The van der Waals surface area contributed by atoms with Gasteiger partial charge in [-0.3, -0.25) is 4.79 Å². The van der Waals surface area contributed by atoms with Crippen LogP contribution in [0.5, 0.6) is 0 Å². The van der Waals surface area contributed by atoms with Crippen molar-refractivity contribution in [3.63, 3.8) is 0 Å². The summed E-state index contributed by atoms with van der Waals surface area (Å²) in [6, 6.07) is 4.18. The summed E-state index contributed by atoms with van der Waals surface area (Å²) in [5, 5.41) is 0. The standard InChI is InChI=1S/C13H15BrFNO/c1-13(2)5-6-16(8-13)12(17)10-4-3-9(15)7-11(10)14/h3-4,7H,5-6,8H2,1-2H3. The molecule has 0 atom stereocenters. The van der Waals surface area contributed by atoms with Crippen LogP contribution < -0.4 is 0 Å². The first kappa shape index (κ1) is 12.6. The second-order valence-electron chi connectivity index (χ2n) is 5.27. The minimum absolute atomic E-state index is 0.0255. The second kappa shape index (κ2) is 4.41. The maximum atomic E-state index is 13.0. The summed E-state index contributed by atoms with van der Waals surface area (Å²) < 4.78 is 13.5. The Hall–Kier alpha value is -0.900. The third-order valence-corrected chi connectivity index (χ3v) is 3.78. The van der Waals surface area contributed by atoms with Gasteiger partial charge in [-0.2, -0.15) is 0 Å². The molecule has 1 aliphatic rings. The van der Waals surface area contributed by atoms with Crippen molar-refractivity contribution in [2.75, 3.05) is 13.1 Å². The quantitative estimate of drug-likeness (QED) is 0.778. The number of likely N-dealkylation sites (tertiary alicyclic amines) is 1. The van der Waals surface area contributed by atoms with Crippen molar-refractivity contribution in [1.29, 1.82) is 0 Å². The van der Waals surface area contributed by atoms with Crippen molar-refractivity contribution in [2.24, 2.45) is 5.41 Å². The predicted octanol–water partition coefficient (Wildman–Crippen LogP) is 3.46. The summed E-state index contributed by atoms with van der Waals surface area (Å²) in [5.74, 6) is -0.363. The molecule has 0 spiro atoms. The summed E-state index contributed by atoms with van der Waals surface area (Å²) in [6.45, 7) is 5.84. The van der Waals surface area contributed by atoms with Crippen molar-refractivity contribution in [2.45, 2.75) is 20.3 Å². The molecule has 0 radical (unpaired) electrons. The molecule has 1 saturated heterocycles. The van der Waals surface area contributed by atoms with E-state index < -0.39 is 0 Å². The van der Waals surface area contributed by atoms with Crippen molar-refractivity contribution in [1.82, 2.24) is 4.90 Å². The van der Waals surface area contributed by atoms with Crippen molar-refractivity contribution < 1.29 is 9.18 Å². The number of carbonyl (C=O) groups excluding carboxylic acids is 1. The number of halogens is 2. The summed E-state index contributed by atoms with van der Waals surface area (Å²) in [5.41, 5.74) is 0.714. The molecule has 1 aliphatic heterocycles. The largest absolute Gasteiger partial charge is 0.338 e. The molecule has 1 heterocycles. The lowest BCUT2D eigenvalue weighted by Crippen LogP contribution is -2.30. The molecular weight excluding hydrogens is 285 g/mol. The van der Waals surface area contributed by atoms with Crippen molar-refractivity contribution >= 4 is 21.8 Å². The molecule has 1 aromatic carbocycles. The van der Waals surface area contributed by atoms with E-state index in [0.717, 1.165) is 19.5 Å². The van der Waals surface area contributed by atoms with Crippen LogP contribution in [-0.4, -0.2) is 23.9 Å². The highest BCUT2D eigenvalue weighted by Crippen LogP contribution is 2.30. The van der Waals surface area contributed by atoms with E-state index in [9.17, 15) is 9.18 Å². The Balaban J connectivity index is 2.21. The maximum Gasteiger partial charge on any atom is 0.255 e. The fourth-order valence-electron chi connectivity index (χ4n) is 2.12. The van der Waals surface area contributed by atoms with Gasteiger partial charge in [-0.05, 0) is 46.0 Å². The lowest BCUT2D eigenvalue weighted by molar-refractivity contribution is 0.0777. The normalized spacial score (nSPS) is 18.5. The molecule has 1 amide bonds. The van der Waals surface area contributed by atoms with Gasteiger partial charge in [-0.1, -0.05) is 13.8 Å². The smallest absolute Gasteiger partial charge is 0.255 e. The molecule has 0 bridgehead atoms. The Bertz CT molecular complexity index is 459. The highest BCUT2D eigenvalue weighted by atomic mass is 79.9. The van der Waals surface area contributed by atoms with Gasteiger partial charge in [0.05, 0.1) is 5.56 Å². The molecule has 4 heteroatoms. The number of hydrogen-bond acceptors (Lipinski definition) is 1. The Morgan fingerprint density at radius 1 is 1.47 bits per heavy atom. The number of carbonyl (C=O) groups is 1. The van der Waals surface area contributed by atoms with Crippen molar-refractivity contribution in [3.8, 4) is 0 Å². The predicted molar refractivity (Wildman–Crippen MR) is 68.4 cm³/mol. The van der Waals surface area contributed by atoms with Crippen LogP contribution in [0.25, 0.3) is 0 Å². The van der Waals surface area contributed by atoms with Gasteiger partial charge < -0.3 is 4.90 Å². The van der Waals surface area contributed by atoms with Gasteiger partial charge in [0.15, 0.2) is 0 Å². The van der Waals surface area contributed by atoms with Crippen molar-refractivity contribution in [3.05, 3.63) is 34.1 Å². The number of benzene rings is 1. The van der Waals surface area contributed by atoms with E-state index in [1.807, 2.05) is 4.90 Å². The van der Waals surface area contributed by atoms with Crippen LogP contribution in [0, 0.1) is 11.2 Å². The zero-order valence-corrected chi connectivity index (χ0v) is 11.6. The summed E-state index contributed by atoms with van der Waals surface area (Å²) in [4.78, 5) is 14.1. The van der Waals surface area contributed by atoms with Gasteiger partial charge in [-0.25, -0.2) is 4.39 Å². The molecule has 2 rings (SSSR count). The minimum atomic E-state index is -0.338. The maximum absolute atomic E-state index is 13.0. The lowest BCUT2D eigenvalue weighted by atomic mass is 9.93. The van der Waals surface area contributed by atoms with Crippen LogP contribution in [0.15, 0.2) is 22.7 Å². The monoisotopic (exact) mass is 299 g/mol. The average Bonchev–Trinajstić information content (AvgIpc) is 2.58. The van der Waals surface area contributed by atoms with Gasteiger partial charge in [0.25, 0.3) is 5.91 Å². The van der Waals surface area contributed by atoms with Crippen LogP contribution in [-0.2, 0) is 0 Å². The second-order valence-corrected chi connectivity index (χ2v) is 6.12. The molecule has 0 saturated carbocycles. The Kier molecular flexibility index (Phi) is 3.25. The van der Waals surface area contributed by atoms with E-state index in [-0.39, 0.29) is 17.1 Å². The topological polar surface area (TPSA) is 20.3 Å². The summed E-state index contributed by atoms with van der Waals surface area (Å²) in [6.07, 6.45) is 1.01. The van der Waals surface area contributed by atoms with E-state index in [1.54, 1.807) is 0 Å². The molecule has 0 unspecified atom stereocenters. The van der Waals surface area contributed by atoms with E-state index in [1.165, 1.54) is 18.2 Å². The Morgan fingerprint density at radius 3 is 2.71 bits per heavy atom. The fourth-order valence-corrected chi connectivity index (χ4v) is 2.64. The van der Waals surface area contributed by atoms with E-state index in [2.05, 4.69) is 29.8 Å². The SMILES string of the molecule is CC1(C)CCN(C(=O)c2ccc(F)cc2Br)C1. The van der Waals surface area contributed by atoms with Crippen LogP contribution in [0.3, 0.4) is 0 Å². The van der Waals surface area contributed by atoms with Gasteiger partial charge in [0, 0.05) is 17.6 Å². The zero-order chi connectivity index (χ0) is 12.6. The lowest BCUT2D eigenvalue weighted by Gasteiger charge is -2.20. The Morgan fingerprint density at radius 2 is 2.18 bits per heavy atom. The number of hydrogen-bond donors (Lipinski definition) is 0. The summed E-state index contributed by atoms with van der Waals surface area (Å²) in [7, 11) is 0. The van der Waals surface area contributed by atoms with Crippen LogP contribution in [0.4, 0.5) is 4.39 Å². The van der Waals surface area contributed by atoms with E-state index in [0.29, 0.717) is 10.0 Å². The first-order chi connectivity index (χ1) is 7.89. The van der Waals surface area contributed by atoms with Crippen LogP contribution >= 0.6 is 15.9 Å². The zero-order valence-electron chi connectivity index (χ0n) is 9.96. The summed E-state index contributed by atoms with van der Waals surface area (Å²) >= 11 is 3.24. The number of nitrogens with zero attached hydrogens (tertiary/aromatic N) is 1. The molecule has 92 valence electrons. The third-order valence-electron chi connectivity index (χ3n) is 3.13. The molecule has 17 heavy (non-hydrogen) atoms. The van der Waals surface area contributed by atoms with Crippen LogP contribution in [0.2, 0.25) is 0 Å². The van der Waals surface area contributed by atoms with Gasteiger partial charge in [-0.15, -0.1) is 0 Å². The molecule has 0 aliphatic carbocycles. The molecule has 2 nitrogen and oxygen atoms in total. The minimum Gasteiger partial charge on any atom is -0.338 e. The highest BCUT2D eigenvalue weighted by Gasteiger charge is 2.32. The number of amides is 1. The third kappa shape index (κ3) is 2.68. The average molecular weight is 300 g/mol. The van der Waals surface area contributed by atoms with Gasteiger partial charge in [0.1, 0.15) is 5.82 Å². The molecular formula is C13H15BrFNO. The highest BCUT2D eigenvalue weighted by molar-refractivity contribution is 9.10. The first-order valence-corrected chi connectivity index (χ1v) is 6.43.